The third-order valence-electron chi connectivity index (χ3n) is 2.36. The fourth-order valence-corrected chi connectivity index (χ4v) is 3.92. The maximum Gasteiger partial charge on any atom is 0.153 e. The summed E-state index contributed by atoms with van der Waals surface area (Å²) in [6.45, 7) is 0.310. The summed E-state index contributed by atoms with van der Waals surface area (Å²) < 4.78 is 22.6. The van der Waals surface area contributed by atoms with E-state index in [1.54, 1.807) is 0 Å². The summed E-state index contributed by atoms with van der Waals surface area (Å²) in [4.78, 5) is 5.26. The van der Waals surface area contributed by atoms with Gasteiger partial charge >= 0.3 is 0 Å². The zero-order valence-corrected chi connectivity index (χ0v) is 11.6. The summed E-state index contributed by atoms with van der Waals surface area (Å²) in [6, 6.07) is 9.75. The molecule has 0 spiro atoms. The molecule has 0 saturated carbocycles. The minimum absolute atomic E-state index is 0.0303. The third kappa shape index (κ3) is 3.16. The van der Waals surface area contributed by atoms with Crippen LogP contribution in [-0.4, -0.2) is 19.7 Å². The van der Waals surface area contributed by atoms with E-state index in [1.807, 2.05) is 30.3 Å². The smallest absolute Gasteiger partial charge is 0.153 e. The van der Waals surface area contributed by atoms with Gasteiger partial charge in [0.15, 0.2) is 9.84 Å². The first-order chi connectivity index (χ1) is 8.49. The Bertz CT molecular complexity index is 633. The zero-order chi connectivity index (χ0) is 13.2. The first kappa shape index (κ1) is 13.2. The first-order valence-electron chi connectivity index (χ1n) is 5.41. The Morgan fingerprint density at radius 1 is 1.28 bits per heavy atom. The van der Waals surface area contributed by atoms with Crippen LogP contribution in [0.2, 0.25) is 0 Å². The fourth-order valence-electron chi connectivity index (χ4n) is 1.64. The van der Waals surface area contributed by atoms with E-state index in [1.165, 1.54) is 17.6 Å². The van der Waals surface area contributed by atoms with Crippen LogP contribution in [0, 0.1) is 0 Å². The number of thiazole rings is 1. The SMILES string of the molecule is CS(=O)(=O)Cc1nc(CN)c(-c2ccccc2)s1. The average Bonchev–Trinajstić information content (AvgIpc) is 2.71. The second-order valence-electron chi connectivity index (χ2n) is 4.02. The van der Waals surface area contributed by atoms with Crippen molar-refractivity contribution in [2.75, 3.05) is 6.26 Å². The summed E-state index contributed by atoms with van der Waals surface area (Å²) in [5.41, 5.74) is 7.44. The molecule has 1 aromatic heterocycles. The van der Waals surface area contributed by atoms with Gasteiger partial charge < -0.3 is 5.73 Å². The van der Waals surface area contributed by atoms with E-state index in [0.29, 0.717) is 11.6 Å². The molecule has 2 N–H and O–H groups in total. The molecule has 96 valence electrons. The lowest BCUT2D eigenvalue weighted by molar-refractivity contribution is 0.601. The van der Waals surface area contributed by atoms with Gasteiger partial charge in [0, 0.05) is 12.8 Å². The molecule has 0 aliphatic heterocycles. The molecule has 0 radical (unpaired) electrons. The number of hydrogen-bond acceptors (Lipinski definition) is 5. The second kappa shape index (κ2) is 5.17. The minimum Gasteiger partial charge on any atom is -0.325 e. The predicted octanol–water partition coefficient (Wildman–Crippen LogP) is 1.81. The van der Waals surface area contributed by atoms with Gasteiger partial charge in [-0.2, -0.15) is 0 Å². The van der Waals surface area contributed by atoms with Gasteiger partial charge in [-0.25, -0.2) is 13.4 Å². The molecule has 0 bridgehead atoms. The molecule has 0 unspecified atom stereocenters. The van der Waals surface area contributed by atoms with Crippen LogP contribution in [0.15, 0.2) is 30.3 Å². The van der Waals surface area contributed by atoms with E-state index in [0.717, 1.165) is 16.1 Å². The van der Waals surface area contributed by atoms with E-state index in [2.05, 4.69) is 4.98 Å². The molecular weight excluding hydrogens is 268 g/mol. The summed E-state index contributed by atoms with van der Waals surface area (Å²) in [6.07, 6.45) is 1.21. The standard InChI is InChI=1S/C12H14N2O2S2/c1-18(15,16)8-11-14-10(7-13)12(17-11)9-5-3-2-4-6-9/h2-6H,7-8,13H2,1H3. The average molecular weight is 282 g/mol. The van der Waals surface area contributed by atoms with Gasteiger partial charge in [0.2, 0.25) is 0 Å². The van der Waals surface area contributed by atoms with Crippen molar-refractivity contribution >= 4 is 21.2 Å². The summed E-state index contributed by atoms with van der Waals surface area (Å²) in [5, 5.41) is 0.594. The van der Waals surface area contributed by atoms with E-state index in [9.17, 15) is 8.42 Å². The summed E-state index contributed by atoms with van der Waals surface area (Å²) in [5.74, 6) is -0.0303. The first-order valence-corrected chi connectivity index (χ1v) is 8.29. The summed E-state index contributed by atoms with van der Waals surface area (Å²) >= 11 is 1.39. The van der Waals surface area contributed by atoms with Crippen molar-refractivity contribution in [1.29, 1.82) is 0 Å². The van der Waals surface area contributed by atoms with Gasteiger partial charge in [0.05, 0.1) is 10.6 Å². The van der Waals surface area contributed by atoms with Crippen molar-refractivity contribution in [3.8, 4) is 10.4 Å². The van der Waals surface area contributed by atoms with E-state index >= 15 is 0 Å². The Balaban J connectivity index is 2.42. The molecule has 2 rings (SSSR count). The number of hydrogen-bond donors (Lipinski definition) is 1. The number of benzene rings is 1. The third-order valence-corrected chi connectivity index (χ3v) is 4.48. The Morgan fingerprint density at radius 2 is 1.94 bits per heavy atom. The lowest BCUT2D eigenvalue weighted by Gasteiger charge is -1.98. The lowest BCUT2D eigenvalue weighted by Crippen LogP contribution is -2.02. The number of nitrogens with zero attached hydrogens (tertiary/aromatic N) is 1. The van der Waals surface area contributed by atoms with Crippen LogP contribution in [0.25, 0.3) is 10.4 Å². The van der Waals surface area contributed by atoms with Crippen LogP contribution in [-0.2, 0) is 22.1 Å². The highest BCUT2D eigenvalue weighted by molar-refractivity contribution is 7.90. The van der Waals surface area contributed by atoms with Gasteiger partial charge in [-0.05, 0) is 5.56 Å². The zero-order valence-electron chi connectivity index (χ0n) is 9.96. The number of rotatable bonds is 4. The van der Waals surface area contributed by atoms with Gasteiger partial charge in [-0.1, -0.05) is 30.3 Å². The minimum atomic E-state index is -3.06. The topological polar surface area (TPSA) is 73.0 Å². The highest BCUT2D eigenvalue weighted by atomic mass is 32.2. The Morgan fingerprint density at radius 3 is 2.50 bits per heavy atom. The van der Waals surface area contributed by atoms with Crippen molar-refractivity contribution in [3.63, 3.8) is 0 Å². The molecule has 1 aromatic carbocycles. The molecular formula is C12H14N2O2S2. The van der Waals surface area contributed by atoms with Crippen molar-refractivity contribution in [3.05, 3.63) is 41.0 Å². The van der Waals surface area contributed by atoms with Gasteiger partial charge in [0.25, 0.3) is 0 Å². The molecule has 0 saturated heterocycles. The van der Waals surface area contributed by atoms with E-state index in [-0.39, 0.29) is 5.75 Å². The molecule has 0 atom stereocenters. The van der Waals surface area contributed by atoms with Crippen molar-refractivity contribution in [2.45, 2.75) is 12.3 Å². The molecule has 18 heavy (non-hydrogen) atoms. The van der Waals surface area contributed by atoms with Crippen molar-refractivity contribution < 1.29 is 8.42 Å². The van der Waals surface area contributed by atoms with Crippen LogP contribution < -0.4 is 5.73 Å². The molecule has 0 amide bonds. The summed E-state index contributed by atoms with van der Waals surface area (Å²) in [7, 11) is -3.06. The number of sulfone groups is 1. The van der Waals surface area contributed by atoms with Crippen LogP contribution in [0.5, 0.6) is 0 Å². The molecule has 2 aromatic rings. The molecule has 0 aliphatic carbocycles. The molecule has 6 heteroatoms. The molecule has 1 heterocycles. The highest BCUT2D eigenvalue weighted by Gasteiger charge is 2.14. The lowest BCUT2D eigenvalue weighted by atomic mass is 10.1. The highest BCUT2D eigenvalue weighted by Crippen LogP contribution is 2.30. The van der Waals surface area contributed by atoms with Gasteiger partial charge in [0.1, 0.15) is 10.8 Å². The second-order valence-corrected chi connectivity index (χ2v) is 7.25. The van der Waals surface area contributed by atoms with Crippen molar-refractivity contribution in [1.82, 2.24) is 4.98 Å². The quantitative estimate of drug-likeness (QED) is 0.928. The maximum atomic E-state index is 11.3. The molecule has 0 fully saturated rings. The predicted molar refractivity (Wildman–Crippen MR) is 74.0 cm³/mol. The Labute approximate surface area is 110 Å². The van der Waals surface area contributed by atoms with E-state index in [4.69, 9.17) is 5.73 Å². The van der Waals surface area contributed by atoms with Gasteiger partial charge in [-0.15, -0.1) is 11.3 Å². The largest absolute Gasteiger partial charge is 0.325 e. The van der Waals surface area contributed by atoms with Crippen LogP contribution in [0.1, 0.15) is 10.7 Å². The number of aromatic nitrogens is 1. The van der Waals surface area contributed by atoms with Crippen LogP contribution in [0.4, 0.5) is 0 Å². The normalized spacial score (nSPS) is 11.7. The molecule has 0 aliphatic rings. The molecule has 4 nitrogen and oxygen atoms in total. The Kier molecular flexibility index (Phi) is 3.79. The van der Waals surface area contributed by atoms with E-state index < -0.39 is 9.84 Å². The monoisotopic (exact) mass is 282 g/mol. The van der Waals surface area contributed by atoms with Gasteiger partial charge in [-0.3, -0.25) is 0 Å². The maximum absolute atomic E-state index is 11.3. The Hall–Kier alpha value is -1.24. The van der Waals surface area contributed by atoms with Crippen LogP contribution in [0.3, 0.4) is 0 Å². The fraction of sp³-hybridized carbons (Fsp3) is 0.250. The van der Waals surface area contributed by atoms with Crippen LogP contribution >= 0.6 is 11.3 Å². The number of nitrogens with two attached hydrogens (primary N) is 1. The van der Waals surface area contributed by atoms with Crippen molar-refractivity contribution in [2.24, 2.45) is 5.73 Å².